The van der Waals surface area contributed by atoms with E-state index in [0.717, 1.165) is 17.2 Å². The Bertz CT molecular complexity index is 310. The minimum Gasteiger partial charge on any atom is -0.307 e. The molecule has 2 nitrogen and oxygen atoms in total. The predicted octanol–water partition coefficient (Wildman–Crippen LogP) is 2.88. The zero-order valence-corrected chi connectivity index (χ0v) is 9.68. The number of nitrogens with one attached hydrogen (secondary N) is 1. The van der Waals surface area contributed by atoms with Crippen LogP contribution in [0.2, 0.25) is 0 Å². The van der Waals surface area contributed by atoms with Crippen LogP contribution in [0, 0.1) is 11.7 Å². The zero-order chi connectivity index (χ0) is 11.3. The molecule has 1 aliphatic rings. The lowest BCUT2D eigenvalue weighted by atomic mass is 10.2. The third-order valence-corrected chi connectivity index (χ3v) is 2.50. The summed E-state index contributed by atoms with van der Waals surface area (Å²) in [5.41, 5.74) is 1.57. The van der Waals surface area contributed by atoms with Gasteiger partial charge in [-0.3, -0.25) is 4.98 Å². The van der Waals surface area contributed by atoms with Gasteiger partial charge in [-0.15, -0.1) is 0 Å². The molecule has 0 saturated carbocycles. The largest absolute Gasteiger partial charge is 0.307 e. The second kappa shape index (κ2) is 5.81. The molecular weight excluding hydrogens is 191 g/mol. The van der Waals surface area contributed by atoms with Crippen molar-refractivity contribution in [3.05, 3.63) is 29.3 Å². The molecule has 1 aliphatic heterocycles. The van der Waals surface area contributed by atoms with E-state index in [-0.39, 0.29) is 5.82 Å². The fourth-order valence-corrected chi connectivity index (χ4v) is 1.15. The summed E-state index contributed by atoms with van der Waals surface area (Å²) in [7, 11) is 0. The molecule has 0 amide bonds. The van der Waals surface area contributed by atoms with Crippen LogP contribution < -0.4 is 5.32 Å². The zero-order valence-electron chi connectivity index (χ0n) is 9.68. The normalized spacial score (nSPS) is 13.4. The molecule has 0 radical (unpaired) electrons. The summed E-state index contributed by atoms with van der Waals surface area (Å²) in [5, 5.41) is 3.03. The smallest absolute Gasteiger partial charge is 0.131 e. The minimum absolute atomic E-state index is 0.144. The number of rotatable bonds is 1. The molecule has 0 aromatic carbocycles. The van der Waals surface area contributed by atoms with Crippen LogP contribution in [0.25, 0.3) is 0 Å². The number of hydrogen-bond donors (Lipinski definition) is 1. The van der Waals surface area contributed by atoms with Gasteiger partial charge in [-0.25, -0.2) is 4.39 Å². The first kappa shape index (κ1) is 12.1. The summed E-state index contributed by atoms with van der Waals surface area (Å²) in [6.07, 6.45) is 2.81. The van der Waals surface area contributed by atoms with Crippen molar-refractivity contribution in [2.24, 2.45) is 5.92 Å². The van der Waals surface area contributed by atoms with Crippen LogP contribution in [0.5, 0.6) is 0 Å². The molecule has 0 unspecified atom stereocenters. The molecule has 0 saturated heterocycles. The highest BCUT2D eigenvalue weighted by molar-refractivity contribution is 5.24. The Balaban J connectivity index is 0.000000195. The van der Waals surface area contributed by atoms with Crippen molar-refractivity contribution in [1.82, 2.24) is 10.3 Å². The van der Waals surface area contributed by atoms with E-state index < -0.39 is 0 Å². The Morgan fingerprint density at radius 1 is 1.47 bits per heavy atom. The maximum atomic E-state index is 12.8. The van der Waals surface area contributed by atoms with Gasteiger partial charge in [-0.1, -0.05) is 27.2 Å². The number of fused-ring (bicyclic) bond motifs is 1. The van der Waals surface area contributed by atoms with Crippen LogP contribution in [0.15, 0.2) is 12.3 Å². The first-order chi connectivity index (χ1) is 7.15. The molecule has 84 valence electrons. The van der Waals surface area contributed by atoms with Crippen molar-refractivity contribution in [1.29, 1.82) is 0 Å². The van der Waals surface area contributed by atoms with Gasteiger partial charge >= 0.3 is 0 Å². The average Bonchev–Trinajstić information content (AvgIpc) is 2.68. The van der Waals surface area contributed by atoms with Crippen LogP contribution >= 0.6 is 0 Å². The summed E-state index contributed by atoms with van der Waals surface area (Å²) >= 11 is 0. The predicted molar refractivity (Wildman–Crippen MR) is 59.9 cm³/mol. The second-order valence-electron chi connectivity index (χ2n) is 4.12. The molecule has 0 atom stereocenters. The van der Waals surface area contributed by atoms with Crippen LogP contribution in [-0.4, -0.2) is 4.98 Å². The van der Waals surface area contributed by atoms with Gasteiger partial charge in [0.2, 0.25) is 0 Å². The monoisotopic (exact) mass is 210 g/mol. The summed E-state index contributed by atoms with van der Waals surface area (Å²) < 4.78 is 12.8. The lowest BCUT2D eigenvalue weighted by molar-refractivity contribution is 0.606. The molecule has 0 spiro atoms. The third kappa shape index (κ3) is 3.59. The number of hydrogen-bond acceptors (Lipinski definition) is 2. The quantitative estimate of drug-likeness (QED) is 0.771. The molecule has 0 aliphatic carbocycles. The maximum Gasteiger partial charge on any atom is 0.131 e. The van der Waals surface area contributed by atoms with E-state index in [0.29, 0.717) is 13.1 Å². The molecule has 2 heterocycles. The van der Waals surface area contributed by atoms with E-state index >= 15 is 0 Å². The van der Waals surface area contributed by atoms with Crippen molar-refractivity contribution in [2.45, 2.75) is 40.3 Å². The van der Waals surface area contributed by atoms with Crippen LogP contribution in [0.3, 0.4) is 0 Å². The van der Waals surface area contributed by atoms with E-state index in [1.54, 1.807) is 0 Å². The van der Waals surface area contributed by atoms with E-state index in [1.165, 1.54) is 18.7 Å². The molecular formula is C12H19FN2. The first-order valence-electron chi connectivity index (χ1n) is 5.48. The molecule has 1 aromatic rings. The minimum atomic E-state index is -0.144. The summed E-state index contributed by atoms with van der Waals surface area (Å²) in [6.45, 7) is 7.97. The maximum absolute atomic E-state index is 12.8. The Hall–Kier alpha value is -0.960. The highest BCUT2D eigenvalue weighted by Gasteiger charge is 2.14. The van der Waals surface area contributed by atoms with Gasteiger partial charge in [0.25, 0.3) is 0 Å². The van der Waals surface area contributed by atoms with Crippen molar-refractivity contribution in [3.63, 3.8) is 0 Å². The van der Waals surface area contributed by atoms with E-state index in [4.69, 9.17) is 0 Å². The number of nitrogens with zero attached hydrogens (tertiary/aromatic N) is 1. The highest BCUT2D eigenvalue weighted by Crippen LogP contribution is 2.14. The van der Waals surface area contributed by atoms with Crippen LogP contribution in [-0.2, 0) is 13.1 Å². The molecule has 0 fully saturated rings. The van der Waals surface area contributed by atoms with Gasteiger partial charge in [-0.2, -0.15) is 0 Å². The van der Waals surface area contributed by atoms with Gasteiger partial charge in [0, 0.05) is 24.8 Å². The molecule has 1 N–H and O–H groups in total. The average molecular weight is 210 g/mol. The summed E-state index contributed by atoms with van der Waals surface area (Å²) in [4.78, 5) is 4.02. The molecule has 3 heteroatoms. The molecule has 2 rings (SSSR count). The first-order valence-corrected chi connectivity index (χ1v) is 5.48. The fourth-order valence-electron chi connectivity index (χ4n) is 1.15. The standard InChI is InChI=1S/C7H7FN2.C5H12/c8-6-1-2-10-7-4-9-3-5(6)7;1-4-5(2)3/h1-2,9H,3-4H2;5H,4H2,1-3H3. The van der Waals surface area contributed by atoms with Crippen LogP contribution in [0.4, 0.5) is 4.39 Å². The molecule has 1 aromatic heterocycles. The van der Waals surface area contributed by atoms with Crippen molar-refractivity contribution in [2.75, 3.05) is 0 Å². The van der Waals surface area contributed by atoms with Gasteiger partial charge in [0.05, 0.1) is 5.69 Å². The Kier molecular flexibility index (Phi) is 4.69. The number of halogens is 1. The topological polar surface area (TPSA) is 24.9 Å². The van der Waals surface area contributed by atoms with Gasteiger partial charge in [0.15, 0.2) is 0 Å². The second-order valence-corrected chi connectivity index (χ2v) is 4.12. The number of aromatic nitrogens is 1. The van der Waals surface area contributed by atoms with E-state index in [2.05, 4.69) is 31.1 Å². The molecule has 15 heavy (non-hydrogen) atoms. The van der Waals surface area contributed by atoms with Gasteiger partial charge in [-0.05, 0) is 12.0 Å². The van der Waals surface area contributed by atoms with E-state index in [9.17, 15) is 4.39 Å². The van der Waals surface area contributed by atoms with Crippen molar-refractivity contribution < 1.29 is 4.39 Å². The molecule has 0 bridgehead atoms. The fraction of sp³-hybridized carbons (Fsp3) is 0.583. The van der Waals surface area contributed by atoms with E-state index in [1.807, 2.05) is 0 Å². The summed E-state index contributed by atoms with van der Waals surface area (Å²) in [5.74, 6) is 0.741. The van der Waals surface area contributed by atoms with Crippen LogP contribution in [0.1, 0.15) is 38.4 Å². The lowest BCUT2D eigenvalue weighted by Gasteiger charge is -1.95. The van der Waals surface area contributed by atoms with Crippen molar-refractivity contribution in [3.8, 4) is 0 Å². The SMILES string of the molecule is CCC(C)C.Fc1ccnc2c1CNC2. The highest BCUT2D eigenvalue weighted by atomic mass is 19.1. The Labute approximate surface area is 90.9 Å². The summed E-state index contributed by atoms with van der Waals surface area (Å²) in [6, 6.07) is 1.39. The lowest BCUT2D eigenvalue weighted by Crippen LogP contribution is -2.00. The third-order valence-electron chi connectivity index (χ3n) is 2.50. The Morgan fingerprint density at radius 2 is 2.13 bits per heavy atom. The van der Waals surface area contributed by atoms with Gasteiger partial charge < -0.3 is 5.32 Å². The number of pyridine rings is 1. The van der Waals surface area contributed by atoms with Crippen molar-refractivity contribution >= 4 is 0 Å². The van der Waals surface area contributed by atoms with Gasteiger partial charge in [0.1, 0.15) is 5.82 Å². The Morgan fingerprint density at radius 3 is 2.67 bits per heavy atom.